The number of nitrogens with two attached hydrogens (primary N) is 1. The summed E-state index contributed by atoms with van der Waals surface area (Å²) in [6.45, 7) is 3.24. The Hall–Kier alpha value is -2.04. The van der Waals surface area contributed by atoms with E-state index < -0.39 is 0 Å². The summed E-state index contributed by atoms with van der Waals surface area (Å²) >= 11 is 0. The maximum absolute atomic E-state index is 12.4. The van der Waals surface area contributed by atoms with Crippen molar-refractivity contribution < 1.29 is 9.53 Å². The monoisotopic (exact) mass is 388 g/mol. The molecule has 0 heterocycles. The molecule has 1 aliphatic carbocycles. The summed E-state index contributed by atoms with van der Waals surface area (Å²) in [6.07, 6.45) is 3.67. The number of aryl methyl sites for hydroxylation is 1. The maximum Gasteiger partial charge on any atom is 0.224 e. The van der Waals surface area contributed by atoms with Gasteiger partial charge in [0.05, 0.1) is 6.42 Å². The normalized spacial score (nSPS) is 18.6. The molecule has 0 aromatic heterocycles. The fourth-order valence-corrected chi connectivity index (χ4v) is 3.67. The average Bonchev–Trinajstić information content (AvgIpc) is 3.07. The molecule has 2 atom stereocenters. The molecule has 0 saturated heterocycles. The Morgan fingerprint density at radius 3 is 2.70 bits per heavy atom. The summed E-state index contributed by atoms with van der Waals surface area (Å²) in [5, 5.41) is 3.15. The van der Waals surface area contributed by atoms with Crippen molar-refractivity contribution in [2.24, 2.45) is 11.7 Å². The van der Waals surface area contributed by atoms with Gasteiger partial charge in [-0.25, -0.2) is 0 Å². The van der Waals surface area contributed by atoms with E-state index in [4.69, 9.17) is 10.5 Å². The number of carbonyl (C=O) groups excluding carboxylic acids is 1. The van der Waals surface area contributed by atoms with Gasteiger partial charge < -0.3 is 15.8 Å². The minimum absolute atomic E-state index is 0. The number of ether oxygens (including phenoxy) is 1. The molecule has 1 amide bonds. The number of rotatable bonds is 7. The van der Waals surface area contributed by atoms with E-state index in [0.717, 1.165) is 36.1 Å². The van der Waals surface area contributed by atoms with Crippen LogP contribution in [0, 0.1) is 12.8 Å². The Morgan fingerprint density at radius 2 is 1.93 bits per heavy atom. The van der Waals surface area contributed by atoms with E-state index in [-0.39, 0.29) is 24.4 Å². The molecular weight excluding hydrogens is 360 g/mol. The van der Waals surface area contributed by atoms with Crippen molar-refractivity contribution in [3.05, 3.63) is 65.2 Å². The highest BCUT2D eigenvalue weighted by Gasteiger charge is 2.27. The number of amides is 1. The molecule has 2 aromatic rings. The molecule has 2 unspecified atom stereocenters. The van der Waals surface area contributed by atoms with Gasteiger partial charge in [0.25, 0.3) is 0 Å². The van der Waals surface area contributed by atoms with Crippen LogP contribution in [0.3, 0.4) is 0 Å². The van der Waals surface area contributed by atoms with E-state index in [1.165, 1.54) is 5.56 Å². The van der Waals surface area contributed by atoms with Crippen molar-refractivity contribution in [1.82, 2.24) is 5.32 Å². The van der Waals surface area contributed by atoms with Gasteiger partial charge in [-0.3, -0.25) is 4.79 Å². The van der Waals surface area contributed by atoms with Crippen molar-refractivity contribution >= 4 is 18.3 Å². The Morgan fingerprint density at radius 1 is 1.15 bits per heavy atom. The molecule has 146 valence electrons. The predicted molar refractivity (Wildman–Crippen MR) is 111 cm³/mol. The van der Waals surface area contributed by atoms with Crippen LogP contribution in [0.15, 0.2) is 48.5 Å². The lowest BCUT2D eigenvalue weighted by atomic mass is 10.0. The molecule has 4 nitrogen and oxygen atoms in total. The third kappa shape index (κ3) is 6.26. The number of carbonyl (C=O) groups is 1. The summed E-state index contributed by atoms with van der Waals surface area (Å²) in [6, 6.07) is 16.3. The summed E-state index contributed by atoms with van der Waals surface area (Å²) in [7, 11) is 0. The number of nitrogens with one attached hydrogen (secondary N) is 1. The van der Waals surface area contributed by atoms with Crippen LogP contribution in [-0.2, 0) is 17.8 Å². The van der Waals surface area contributed by atoms with Crippen molar-refractivity contribution in [3.8, 4) is 5.75 Å². The second-order valence-electron chi connectivity index (χ2n) is 7.20. The van der Waals surface area contributed by atoms with Crippen molar-refractivity contribution in [1.29, 1.82) is 0 Å². The summed E-state index contributed by atoms with van der Waals surface area (Å²) in [5.41, 5.74) is 9.12. The Bertz CT molecular complexity index is 751. The van der Waals surface area contributed by atoms with E-state index in [9.17, 15) is 4.79 Å². The number of hydrogen-bond acceptors (Lipinski definition) is 3. The second kappa shape index (κ2) is 10.3. The van der Waals surface area contributed by atoms with Gasteiger partial charge in [-0.15, -0.1) is 12.4 Å². The SMILES string of the molecule is Cc1cccc(COc2cccc(CC(=O)NC3CCCC3CN)c2)c1.Cl. The lowest BCUT2D eigenvalue weighted by Crippen LogP contribution is -2.40. The Labute approximate surface area is 167 Å². The first-order chi connectivity index (χ1) is 12.6. The maximum atomic E-state index is 12.4. The third-order valence-corrected chi connectivity index (χ3v) is 5.06. The standard InChI is InChI=1S/C22H28N2O2.ClH/c1-16-5-2-7-18(11-16)15-26-20-9-3-6-17(12-20)13-22(25)24-21-10-4-8-19(21)14-23;/h2-3,5-7,9,11-12,19,21H,4,8,10,13-15,23H2,1H3,(H,24,25);1H. The highest BCUT2D eigenvalue weighted by Crippen LogP contribution is 2.24. The topological polar surface area (TPSA) is 64.3 Å². The number of halogens is 1. The number of hydrogen-bond donors (Lipinski definition) is 2. The van der Waals surface area contributed by atoms with Gasteiger partial charge in [-0.2, -0.15) is 0 Å². The Kier molecular flexibility index (Phi) is 8.14. The molecule has 1 fully saturated rings. The highest BCUT2D eigenvalue weighted by atomic mass is 35.5. The van der Waals surface area contributed by atoms with Gasteiger partial charge >= 0.3 is 0 Å². The molecule has 0 radical (unpaired) electrons. The third-order valence-electron chi connectivity index (χ3n) is 5.06. The second-order valence-corrected chi connectivity index (χ2v) is 7.20. The van der Waals surface area contributed by atoms with E-state index in [2.05, 4.69) is 30.4 Å². The van der Waals surface area contributed by atoms with Gasteiger partial charge in [0.15, 0.2) is 0 Å². The minimum atomic E-state index is 0. The molecule has 27 heavy (non-hydrogen) atoms. The lowest BCUT2D eigenvalue weighted by Gasteiger charge is -2.19. The first kappa shape index (κ1) is 21.3. The molecule has 0 bridgehead atoms. The zero-order valence-corrected chi connectivity index (χ0v) is 16.6. The van der Waals surface area contributed by atoms with E-state index in [1.807, 2.05) is 30.3 Å². The van der Waals surface area contributed by atoms with Crippen LogP contribution in [-0.4, -0.2) is 18.5 Å². The zero-order chi connectivity index (χ0) is 18.4. The smallest absolute Gasteiger partial charge is 0.224 e. The van der Waals surface area contributed by atoms with Crippen molar-refractivity contribution in [3.63, 3.8) is 0 Å². The van der Waals surface area contributed by atoms with Crippen LogP contribution < -0.4 is 15.8 Å². The fourth-order valence-electron chi connectivity index (χ4n) is 3.67. The van der Waals surface area contributed by atoms with Gasteiger partial charge in [0.1, 0.15) is 12.4 Å². The summed E-state index contributed by atoms with van der Waals surface area (Å²) in [5.74, 6) is 1.27. The molecule has 0 spiro atoms. The molecule has 1 aliphatic rings. The quantitative estimate of drug-likeness (QED) is 0.758. The van der Waals surface area contributed by atoms with Crippen molar-refractivity contribution in [2.45, 2.75) is 45.3 Å². The molecule has 2 aromatic carbocycles. The van der Waals surface area contributed by atoms with Crippen LogP contribution in [0.1, 0.15) is 36.0 Å². The van der Waals surface area contributed by atoms with E-state index >= 15 is 0 Å². The molecule has 3 rings (SSSR count). The van der Waals surface area contributed by atoms with Gasteiger partial charge in [-0.05, 0) is 55.5 Å². The van der Waals surface area contributed by atoms with Gasteiger partial charge in [-0.1, -0.05) is 48.4 Å². The first-order valence-corrected chi connectivity index (χ1v) is 9.41. The molecule has 5 heteroatoms. The first-order valence-electron chi connectivity index (χ1n) is 9.41. The van der Waals surface area contributed by atoms with Crippen LogP contribution in [0.2, 0.25) is 0 Å². The summed E-state index contributed by atoms with van der Waals surface area (Å²) < 4.78 is 5.89. The van der Waals surface area contributed by atoms with Crippen LogP contribution in [0.4, 0.5) is 0 Å². The molecular formula is C22H29ClN2O2. The van der Waals surface area contributed by atoms with Crippen molar-refractivity contribution in [2.75, 3.05) is 6.54 Å². The van der Waals surface area contributed by atoms with Crippen LogP contribution in [0.5, 0.6) is 5.75 Å². The largest absolute Gasteiger partial charge is 0.489 e. The molecule has 1 saturated carbocycles. The van der Waals surface area contributed by atoms with E-state index in [0.29, 0.717) is 25.5 Å². The van der Waals surface area contributed by atoms with Crippen LogP contribution >= 0.6 is 12.4 Å². The predicted octanol–water partition coefficient (Wildman–Crippen LogP) is 3.78. The van der Waals surface area contributed by atoms with Gasteiger partial charge in [0, 0.05) is 6.04 Å². The Balaban J connectivity index is 0.00000261. The van der Waals surface area contributed by atoms with E-state index in [1.54, 1.807) is 0 Å². The molecule has 3 N–H and O–H groups in total. The van der Waals surface area contributed by atoms with Crippen LogP contribution in [0.25, 0.3) is 0 Å². The lowest BCUT2D eigenvalue weighted by molar-refractivity contribution is -0.121. The fraction of sp³-hybridized carbons (Fsp3) is 0.409. The zero-order valence-electron chi connectivity index (χ0n) is 15.8. The average molecular weight is 389 g/mol. The highest BCUT2D eigenvalue weighted by molar-refractivity contribution is 5.85. The minimum Gasteiger partial charge on any atom is -0.489 e. The number of benzene rings is 2. The molecule has 0 aliphatic heterocycles. The summed E-state index contributed by atoms with van der Waals surface area (Å²) in [4.78, 5) is 12.4. The van der Waals surface area contributed by atoms with Gasteiger partial charge in [0.2, 0.25) is 5.91 Å².